The molecule has 0 bridgehead atoms. The van der Waals surface area contributed by atoms with E-state index in [4.69, 9.17) is 0 Å². The minimum absolute atomic E-state index is 1.14. The molecule has 2 aliphatic carbocycles. The van der Waals surface area contributed by atoms with Crippen LogP contribution in [0.5, 0.6) is 0 Å². The molecule has 2 rings (SSSR count). The summed E-state index contributed by atoms with van der Waals surface area (Å²) >= 11 is 0. The van der Waals surface area contributed by atoms with E-state index in [2.05, 4.69) is 6.92 Å². The monoisotopic (exact) mass is 110 g/mol. The molecular weight excluding hydrogens is 96.1 g/mol. The fraction of sp³-hybridized carbons (Fsp3) is 1.00. The first kappa shape index (κ1) is 4.84. The lowest BCUT2D eigenvalue weighted by molar-refractivity contribution is 0.465. The second-order valence-corrected chi connectivity index (χ2v) is 3.41. The van der Waals surface area contributed by atoms with Crippen molar-refractivity contribution in [1.82, 2.24) is 0 Å². The zero-order valence-corrected chi connectivity index (χ0v) is 5.56. The summed E-state index contributed by atoms with van der Waals surface area (Å²) in [4.78, 5) is 0. The third-order valence-corrected chi connectivity index (χ3v) is 3.02. The highest BCUT2D eigenvalue weighted by Gasteiger charge is 2.46. The maximum absolute atomic E-state index is 2.34. The average molecular weight is 110 g/mol. The number of fused-ring (bicyclic) bond motifs is 1. The molecule has 2 aliphatic rings. The number of rotatable bonds is 1. The Hall–Kier alpha value is 0. The van der Waals surface area contributed by atoms with Crippen molar-refractivity contribution in [2.45, 2.75) is 32.6 Å². The van der Waals surface area contributed by atoms with Gasteiger partial charge in [-0.15, -0.1) is 0 Å². The van der Waals surface area contributed by atoms with Crippen LogP contribution in [0, 0.1) is 17.8 Å². The Kier molecular flexibility index (Phi) is 0.902. The fourth-order valence-electron chi connectivity index (χ4n) is 2.33. The van der Waals surface area contributed by atoms with Gasteiger partial charge < -0.3 is 0 Å². The van der Waals surface area contributed by atoms with Crippen molar-refractivity contribution in [3.63, 3.8) is 0 Å². The van der Waals surface area contributed by atoms with E-state index in [9.17, 15) is 0 Å². The van der Waals surface area contributed by atoms with Gasteiger partial charge in [0.05, 0.1) is 0 Å². The first-order valence-corrected chi connectivity index (χ1v) is 3.92. The maximum atomic E-state index is 2.34. The van der Waals surface area contributed by atoms with E-state index in [1.54, 1.807) is 19.3 Å². The second-order valence-electron chi connectivity index (χ2n) is 3.41. The van der Waals surface area contributed by atoms with Crippen molar-refractivity contribution in [1.29, 1.82) is 0 Å². The molecule has 0 amide bonds. The third-order valence-electron chi connectivity index (χ3n) is 3.02. The van der Waals surface area contributed by atoms with Gasteiger partial charge in [0.2, 0.25) is 0 Å². The Morgan fingerprint density at radius 1 is 1.38 bits per heavy atom. The van der Waals surface area contributed by atoms with E-state index >= 15 is 0 Å². The summed E-state index contributed by atoms with van der Waals surface area (Å²) in [6.07, 6.45) is 6.13. The van der Waals surface area contributed by atoms with E-state index in [0.717, 1.165) is 5.92 Å². The summed E-state index contributed by atoms with van der Waals surface area (Å²) in [6, 6.07) is 0. The number of hydrogen-bond donors (Lipinski definition) is 0. The summed E-state index contributed by atoms with van der Waals surface area (Å²) in [5, 5.41) is 0. The average Bonchev–Trinajstić information content (AvgIpc) is 2.46. The quantitative estimate of drug-likeness (QED) is 0.486. The standard InChI is InChI=1S/C8H14/c1-2-6-3-4-7-5-8(6)7/h6-8H,2-5H2,1H3/t6-,7?,8+/m0/s1. The Labute approximate surface area is 51.3 Å². The topological polar surface area (TPSA) is 0 Å². The highest BCUT2D eigenvalue weighted by molar-refractivity contribution is 4.96. The maximum Gasteiger partial charge on any atom is -0.0355 e. The van der Waals surface area contributed by atoms with Crippen molar-refractivity contribution < 1.29 is 0 Å². The second kappa shape index (κ2) is 1.49. The summed E-state index contributed by atoms with van der Waals surface area (Å²) in [5.41, 5.74) is 0. The molecule has 0 aromatic heterocycles. The highest BCUT2D eigenvalue weighted by Crippen LogP contribution is 2.56. The molecule has 0 radical (unpaired) electrons. The Balaban J connectivity index is 1.97. The summed E-state index contributed by atoms with van der Waals surface area (Å²) < 4.78 is 0. The largest absolute Gasteiger partial charge is 0.0651 e. The van der Waals surface area contributed by atoms with Crippen LogP contribution in [0.4, 0.5) is 0 Å². The summed E-state index contributed by atoms with van der Waals surface area (Å²) in [7, 11) is 0. The van der Waals surface area contributed by atoms with E-state index in [1.165, 1.54) is 18.3 Å². The zero-order chi connectivity index (χ0) is 5.56. The zero-order valence-electron chi connectivity index (χ0n) is 5.56. The van der Waals surface area contributed by atoms with Gasteiger partial charge in [-0.25, -0.2) is 0 Å². The minimum Gasteiger partial charge on any atom is -0.0651 e. The van der Waals surface area contributed by atoms with Crippen molar-refractivity contribution in [3.8, 4) is 0 Å². The molecule has 0 aliphatic heterocycles. The van der Waals surface area contributed by atoms with Crippen molar-refractivity contribution >= 4 is 0 Å². The molecule has 0 saturated heterocycles. The molecule has 0 aromatic carbocycles. The Bertz CT molecular complexity index is 96.2. The summed E-state index contributed by atoms with van der Waals surface area (Å²) in [6.45, 7) is 2.34. The van der Waals surface area contributed by atoms with Gasteiger partial charge in [0.15, 0.2) is 0 Å². The van der Waals surface area contributed by atoms with Crippen LogP contribution in [0.25, 0.3) is 0 Å². The smallest absolute Gasteiger partial charge is 0.0355 e. The van der Waals surface area contributed by atoms with Crippen LogP contribution in [0.2, 0.25) is 0 Å². The molecule has 2 fully saturated rings. The van der Waals surface area contributed by atoms with Gasteiger partial charge in [0, 0.05) is 0 Å². The van der Waals surface area contributed by atoms with Gasteiger partial charge in [0.25, 0.3) is 0 Å². The van der Waals surface area contributed by atoms with Crippen LogP contribution < -0.4 is 0 Å². The van der Waals surface area contributed by atoms with Gasteiger partial charge in [-0.1, -0.05) is 13.3 Å². The van der Waals surface area contributed by atoms with Gasteiger partial charge in [-0.2, -0.15) is 0 Å². The molecule has 0 aromatic rings. The highest BCUT2D eigenvalue weighted by atomic mass is 14.5. The van der Waals surface area contributed by atoms with Gasteiger partial charge >= 0.3 is 0 Å². The van der Waals surface area contributed by atoms with Crippen LogP contribution in [0.3, 0.4) is 0 Å². The third kappa shape index (κ3) is 0.519. The molecule has 1 unspecified atom stereocenters. The predicted molar refractivity (Wildman–Crippen MR) is 34.6 cm³/mol. The van der Waals surface area contributed by atoms with Crippen LogP contribution in [0.1, 0.15) is 32.6 Å². The van der Waals surface area contributed by atoms with Crippen molar-refractivity contribution in [2.75, 3.05) is 0 Å². The molecule has 0 heterocycles. The lowest BCUT2D eigenvalue weighted by Crippen LogP contribution is -1.94. The van der Waals surface area contributed by atoms with E-state index in [-0.39, 0.29) is 0 Å². The molecular formula is C8H14. The van der Waals surface area contributed by atoms with Crippen LogP contribution in [0.15, 0.2) is 0 Å². The molecule has 3 atom stereocenters. The van der Waals surface area contributed by atoms with Crippen molar-refractivity contribution in [3.05, 3.63) is 0 Å². The minimum atomic E-state index is 1.14. The predicted octanol–water partition coefficient (Wildman–Crippen LogP) is 2.44. The van der Waals surface area contributed by atoms with Crippen molar-refractivity contribution in [2.24, 2.45) is 17.8 Å². The van der Waals surface area contributed by atoms with E-state index in [0.29, 0.717) is 0 Å². The van der Waals surface area contributed by atoms with Crippen LogP contribution >= 0.6 is 0 Å². The lowest BCUT2D eigenvalue weighted by Gasteiger charge is -2.04. The first-order chi connectivity index (χ1) is 3.92. The summed E-state index contributed by atoms with van der Waals surface area (Å²) in [5.74, 6) is 3.53. The van der Waals surface area contributed by atoms with E-state index < -0.39 is 0 Å². The van der Waals surface area contributed by atoms with E-state index in [1.807, 2.05) is 0 Å². The SMILES string of the molecule is CC[C@H]1CCC2C[C@@H]21. The Morgan fingerprint density at radius 3 is 2.50 bits per heavy atom. The molecule has 8 heavy (non-hydrogen) atoms. The van der Waals surface area contributed by atoms with Gasteiger partial charge in [0.1, 0.15) is 0 Å². The molecule has 2 saturated carbocycles. The molecule has 0 spiro atoms. The first-order valence-electron chi connectivity index (χ1n) is 3.92. The van der Waals surface area contributed by atoms with Gasteiger partial charge in [-0.05, 0) is 37.0 Å². The van der Waals surface area contributed by atoms with Crippen LogP contribution in [-0.4, -0.2) is 0 Å². The lowest BCUT2D eigenvalue weighted by atomic mass is 10.0. The molecule has 0 N–H and O–H groups in total. The molecule has 0 nitrogen and oxygen atoms in total. The normalized spacial score (nSPS) is 51.4. The molecule has 46 valence electrons. The fourth-order valence-corrected chi connectivity index (χ4v) is 2.33. The molecule has 0 heteroatoms. The Morgan fingerprint density at radius 2 is 2.25 bits per heavy atom. The van der Waals surface area contributed by atoms with Crippen LogP contribution in [-0.2, 0) is 0 Å². The number of hydrogen-bond acceptors (Lipinski definition) is 0. The van der Waals surface area contributed by atoms with Gasteiger partial charge in [-0.3, -0.25) is 0 Å².